The number of H-pyrrole nitrogens is 1. The fourth-order valence-corrected chi connectivity index (χ4v) is 2.57. The molecule has 0 fully saturated rings. The van der Waals surface area contributed by atoms with Crippen LogP contribution >= 0.6 is 0 Å². The van der Waals surface area contributed by atoms with Crippen molar-refractivity contribution in [2.24, 2.45) is 4.99 Å². The molecule has 1 aromatic rings. The van der Waals surface area contributed by atoms with Crippen LogP contribution in [0.25, 0.3) is 5.57 Å². The average molecular weight is 478 g/mol. The molecule has 0 saturated heterocycles. The lowest BCUT2D eigenvalue weighted by Gasteiger charge is -2.06. The number of aromatic amines is 1. The highest BCUT2D eigenvalue weighted by atomic mass is 16.5. The van der Waals surface area contributed by atoms with Gasteiger partial charge in [0.25, 0.3) is 0 Å². The van der Waals surface area contributed by atoms with Gasteiger partial charge >= 0.3 is 0 Å². The van der Waals surface area contributed by atoms with Crippen molar-refractivity contribution >= 4 is 11.3 Å². The van der Waals surface area contributed by atoms with Crippen molar-refractivity contribution in [2.75, 3.05) is 13.2 Å². The third-order valence-electron chi connectivity index (χ3n) is 4.28. The molecule has 1 aliphatic rings. The zero-order valence-electron chi connectivity index (χ0n) is 22.5. The van der Waals surface area contributed by atoms with Crippen molar-refractivity contribution in [1.82, 2.24) is 20.6 Å². The maximum absolute atomic E-state index is 5.82. The summed E-state index contributed by atoms with van der Waals surface area (Å²) in [6.07, 6.45) is 28.4. The molecule has 0 atom stereocenters. The van der Waals surface area contributed by atoms with Crippen LogP contribution in [0, 0.1) is 0 Å². The van der Waals surface area contributed by atoms with Crippen molar-refractivity contribution in [1.29, 1.82) is 0 Å². The summed E-state index contributed by atoms with van der Waals surface area (Å²) in [5, 5.41) is 14.0. The molecule has 1 aliphatic heterocycles. The minimum Gasteiger partial charge on any atom is -0.492 e. The minimum absolute atomic E-state index is 0.473. The zero-order chi connectivity index (χ0) is 26.2. The van der Waals surface area contributed by atoms with Gasteiger partial charge in [-0.3, -0.25) is 4.99 Å². The molecular weight excluding hydrogens is 434 g/mol. The molecule has 0 bridgehead atoms. The van der Waals surface area contributed by atoms with E-state index < -0.39 is 0 Å². The number of aliphatic imine (C=N–C) groups is 1. The van der Waals surface area contributed by atoms with Crippen LogP contribution in [0.4, 0.5) is 0 Å². The van der Waals surface area contributed by atoms with Gasteiger partial charge in [-0.2, -0.15) is 5.21 Å². The van der Waals surface area contributed by atoms with E-state index >= 15 is 0 Å². The Kier molecular flexibility index (Phi) is 20.0. The lowest BCUT2D eigenvalue weighted by atomic mass is 10.1. The maximum Gasteiger partial charge on any atom is 0.200 e. The Morgan fingerprint density at radius 1 is 1.06 bits per heavy atom. The number of allylic oxidation sites excluding steroid dienone is 14. The van der Waals surface area contributed by atoms with Crippen molar-refractivity contribution in [2.45, 2.75) is 61.3 Å². The first-order valence-electron chi connectivity index (χ1n) is 12.4. The van der Waals surface area contributed by atoms with Gasteiger partial charge in [0.15, 0.2) is 5.82 Å². The molecule has 0 saturated carbocycles. The lowest BCUT2D eigenvalue weighted by Crippen LogP contribution is -2.06. The molecule has 0 radical (unpaired) electrons. The van der Waals surface area contributed by atoms with Crippen LogP contribution in [0.2, 0.25) is 0 Å². The number of aromatic nitrogens is 4. The van der Waals surface area contributed by atoms with Crippen molar-refractivity contribution < 1.29 is 4.74 Å². The summed E-state index contributed by atoms with van der Waals surface area (Å²) in [6.45, 7) is 15.1. The molecular formula is C29H43N5O. The molecule has 1 N–H and O–H groups in total. The van der Waals surface area contributed by atoms with E-state index in [9.17, 15) is 0 Å². The normalized spacial score (nSPS) is 17.6. The van der Waals surface area contributed by atoms with Crippen LogP contribution in [0.1, 0.15) is 67.1 Å². The van der Waals surface area contributed by atoms with Crippen LogP contribution in [0.15, 0.2) is 95.3 Å². The van der Waals surface area contributed by atoms with Crippen molar-refractivity contribution in [3.05, 3.63) is 96.1 Å². The lowest BCUT2D eigenvalue weighted by molar-refractivity contribution is 0.262. The summed E-state index contributed by atoms with van der Waals surface area (Å²) in [4.78, 5) is 4.55. The molecule has 35 heavy (non-hydrogen) atoms. The van der Waals surface area contributed by atoms with Gasteiger partial charge in [-0.15, -0.1) is 10.2 Å². The summed E-state index contributed by atoms with van der Waals surface area (Å²) in [5.74, 6) is 1.46. The Hall–Kier alpha value is -3.54. The summed E-state index contributed by atoms with van der Waals surface area (Å²) >= 11 is 0. The van der Waals surface area contributed by atoms with E-state index in [-0.39, 0.29) is 0 Å². The number of hydrogen-bond acceptors (Lipinski definition) is 5. The summed E-state index contributed by atoms with van der Waals surface area (Å²) in [7, 11) is 0. The maximum atomic E-state index is 5.82. The van der Waals surface area contributed by atoms with Crippen molar-refractivity contribution in [3.8, 4) is 0 Å². The highest BCUT2D eigenvalue weighted by molar-refractivity contribution is 5.96. The van der Waals surface area contributed by atoms with E-state index in [1.165, 1.54) is 0 Å². The topological polar surface area (TPSA) is 76.1 Å². The second-order valence-corrected chi connectivity index (χ2v) is 6.81. The molecule has 2 heterocycles. The summed E-state index contributed by atoms with van der Waals surface area (Å²) < 4.78 is 5.82. The third-order valence-corrected chi connectivity index (χ3v) is 4.28. The van der Waals surface area contributed by atoms with Crippen LogP contribution in [-0.2, 0) is 4.74 Å². The highest BCUT2D eigenvalue weighted by Crippen LogP contribution is 2.11. The number of rotatable bonds is 9. The number of tetrazole rings is 1. The first-order valence-corrected chi connectivity index (χ1v) is 12.4. The Balaban J connectivity index is 0.00000274. The second-order valence-electron chi connectivity index (χ2n) is 6.81. The van der Waals surface area contributed by atoms with E-state index in [1.807, 2.05) is 97.1 Å². The molecule has 1 aromatic heterocycles. The van der Waals surface area contributed by atoms with Gasteiger partial charge in [0.1, 0.15) is 6.61 Å². The SMILES string of the molecule is C/C=C(/C=C/C/C=C\C=C(/C)OCC1=NC/C=C\C=C/C/C=C\1)\C=C(/C)c1nn[nH]n1.CC.CC. The van der Waals surface area contributed by atoms with Crippen LogP contribution in [0.3, 0.4) is 0 Å². The predicted octanol–water partition coefficient (Wildman–Crippen LogP) is 7.54. The van der Waals surface area contributed by atoms with Gasteiger partial charge in [0, 0.05) is 0 Å². The van der Waals surface area contributed by atoms with Gasteiger partial charge in [-0.05, 0) is 68.2 Å². The summed E-state index contributed by atoms with van der Waals surface area (Å²) in [5.41, 5.74) is 3.00. The number of ether oxygens (including phenoxy) is 1. The van der Waals surface area contributed by atoms with Gasteiger partial charge in [0.2, 0.25) is 0 Å². The van der Waals surface area contributed by atoms with E-state index in [4.69, 9.17) is 4.74 Å². The third kappa shape index (κ3) is 15.8. The Labute approximate surface area is 212 Å². The fraction of sp³-hybridized carbons (Fsp3) is 0.379. The smallest absolute Gasteiger partial charge is 0.200 e. The molecule has 6 heteroatoms. The zero-order valence-corrected chi connectivity index (χ0v) is 22.5. The monoisotopic (exact) mass is 477 g/mol. The molecule has 190 valence electrons. The largest absolute Gasteiger partial charge is 0.492 e. The Bertz CT molecular complexity index is 940. The van der Waals surface area contributed by atoms with Gasteiger partial charge in [-0.25, -0.2) is 0 Å². The average Bonchev–Trinajstić information content (AvgIpc) is 3.45. The van der Waals surface area contributed by atoms with E-state index in [0.717, 1.165) is 35.5 Å². The van der Waals surface area contributed by atoms with Crippen LogP contribution < -0.4 is 0 Å². The first kappa shape index (κ1) is 31.5. The molecule has 2 rings (SSSR count). The number of nitrogens with zero attached hydrogens (tertiary/aromatic N) is 4. The molecule has 0 spiro atoms. The minimum atomic E-state index is 0.473. The van der Waals surface area contributed by atoms with E-state index in [0.29, 0.717) is 19.0 Å². The van der Waals surface area contributed by atoms with Gasteiger partial charge in [-0.1, -0.05) is 88.5 Å². The van der Waals surface area contributed by atoms with E-state index in [1.54, 1.807) is 0 Å². The highest BCUT2D eigenvalue weighted by Gasteiger charge is 2.00. The molecule has 6 nitrogen and oxygen atoms in total. The van der Waals surface area contributed by atoms with E-state index in [2.05, 4.69) is 56.0 Å². The predicted molar refractivity (Wildman–Crippen MR) is 151 cm³/mol. The first-order chi connectivity index (χ1) is 17.2. The van der Waals surface area contributed by atoms with Crippen LogP contribution in [0.5, 0.6) is 0 Å². The molecule has 0 aromatic carbocycles. The summed E-state index contributed by atoms with van der Waals surface area (Å²) in [6, 6.07) is 0. The standard InChI is InChI=1S/C25H31N5O.2C2H6/c1-4-23(19-21(2)25-27-29-30-28-25)16-12-9-8-11-15-22(3)31-20-24-17-13-7-5-6-10-14-18-26-24;2*1-2/h4-6,8,10-17,19H,7,9,18,20H2,1-3H3,(H,27,28,29,30);2*1-2H3/b6-5-,11-8-,14-10-,16-12+,17-13-,21-19+,22-15+,23-4-,26-24?;;. The second kappa shape index (κ2) is 22.3. The Morgan fingerprint density at radius 2 is 1.83 bits per heavy atom. The molecule has 0 aliphatic carbocycles. The van der Waals surface area contributed by atoms with Gasteiger partial charge < -0.3 is 4.74 Å². The van der Waals surface area contributed by atoms with Crippen LogP contribution in [-0.4, -0.2) is 39.5 Å². The number of nitrogens with one attached hydrogen (secondary N) is 1. The Morgan fingerprint density at radius 3 is 2.54 bits per heavy atom. The fourth-order valence-electron chi connectivity index (χ4n) is 2.57. The quantitative estimate of drug-likeness (QED) is 0.294. The van der Waals surface area contributed by atoms with Crippen molar-refractivity contribution in [3.63, 3.8) is 0 Å². The van der Waals surface area contributed by atoms with Gasteiger partial charge in [0.05, 0.1) is 18.0 Å². The molecule has 0 unspecified atom stereocenters. The molecule has 0 amide bonds. The number of hydrogen-bond donors (Lipinski definition) is 1.